The molecule has 0 bridgehead atoms. The number of carbonyl (C=O) groups is 1. The number of amides is 1. The van der Waals surface area contributed by atoms with E-state index in [4.69, 9.17) is 10.00 Å². The van der Waals surface area contributed by atoms with Gasteiger partial charge in [0.05, 0.1) is 11.5 Å². The van der Waals surface area contributed by atoms with Crippen molar-refractivity contribution in [2.75, 3.05) is 19.7 Å². The highest BCUT2D eigenvalue weighted by Crippen LogP contribution is 2.31. The van der Waals surface area contributed by atoms with E-state index in [0.717, 1.165) is 19.3 Å². The minimum Gasteiger partial charge on any atom is -0.368 e. The number of rotatable bonds is 1. The van der Waals surface area contributed by atoms with Gasteiger partial charge in [-0.15, -0.1) is 0 Å². The van der Waals surface area contributed by atoms with E-state index in [1.165, 1.54) is 0 Å². The Balaban J connectivity index is 1.93. The molecule has 4 heteroatoms. The average molecular weight is 236 g/mol. The number of ether oxygens (including phenoxy) is 1. The predicted molar refractivity (Wildman–Crippen MR) is 63.1 cm³/mol. The molecule has 0 aliphatic carbocycles. The summed E-state index contributed by atoms with van der Waals surface area (Å²) in [5, 5.41) is 9.05. The minimum atomic E-state index is -0.251. The molecule has 4 nitrogen and oxygen atoms in total. The van der Waals surface area contributed by atoms with Gasteiger partial charge in [0.15, 0.2) is 0 Å². The second-order valence-corrected chi connectivity index (χ2v) is 5.56. The van der Waals surface area contributed by atoms with Crippen LogP contribution in [0.5, 0.6) is 0 Å². The first kappa shape index (κ1) is 12.4. The van der Waals surface area contributed by atoms with E-state index in [-0.39, 0.29) is 17.4 Å². The molecular weight excluding hydrogens is 216 g/mol. The van der Waals surface area contributed by atoms with E-state index in [1.54, 1.807) is 0 Å². The maximum atomic E-state index is 12.2. The molecule has 17 heavy (non-hydrogen) atoms. The maximum Gasteiger partial charge on any atom is 0.251 e. The van der Waals surface area contributed by atoms with Crippen molar-refractivity contribution in [2.24, 2.45) is 11.3 Å². The van der Waals surface area contributed by atoms with Crippen molar-refractivity contribution in [3.05, 3.63) is 0 Å². The van der Waals surface area contributed by atoms with Gasteiger partial charge in [-0.25, -0.2) is 0 Å². The van der Waals surface area contributed by atoms with Crippen molar-refractivity contribution >= 4 is 5.91 Å². The maximum absolute atomic E-state index is 12.2. The van der Waals surface area contributed by atoms with Crippen LogP contribution in [0.1, 0.15) is 33.1 Å². The van der Waals surface area contributed by atoms with Gasteiger partial charge < -0.3 is 9.64 Å². The largest absolute Gasteiger partial charge is 0.368 e. The Morgan fingerprint density at radius 3 is 2.59 bits per heavy atom. The molecule has 0 saturated carbocycles. The van der Waals surface area contributed by atoms with E-state index < -0.39 is 0 Å². The Morgan fingerprint density at radius 1 is 1.47 bits per heavy atom. The van der Waals surface area contributed by atoms with Crippen molar-refractivity contribution in [3.8, 4) is 6.07 Å². The normalized spacial score (nSPS) is 32.2. The van der Waals surface area contributed by atoms with E-state index in [0.29, 0.717) is 25.6 Å². The summed E-state index contributed by atoms with van der Waals surface area (Å²) in [5.74, 6) is 0.446. The van der Waals surface area contributed by atoms with Crippen LogP contribution in [0.4, 0.5) is 0 Å². The summed E-state index contributed by atoms with van der Waals surface area (Å²) >= 11 is 0. The van der Waals surface area contributed by atoms with Crippen LogP contribution < -0.4 is 0 Å². The molecule has 0 aromatic carbocycles. The molecule has 2 atom stereocenters. The number of piperidine rings is 1. The van der Waals surface area contributed by atoms with Gasteiger partial charge in [-0.2, -0.15) is 5.26 Å². The van der Waals surface area contributed by atoms with Crippen molar-refractivity contribution in [1.82, 2.24) is 4.90 Å². The third-order valence-electron chi connectivity index (χ3n) is 4.08. The number of hydrogen-bond donors (Lipinski definition) is 0. The smallest absolute Gasteiger partial charge is 0.251 e. The molecule has 2 aliphatic heterocycles. The Hall–Kier alpha value is -1.08. The zero-order chi connectivity index (χ0) is 12.5. The van der Waals surface area contributed by atoms with Gasteiger partial charge in [0, 0.05) is 19.7 Å². The molecule has 0 spiro atoms. The fourth-order valence-corrected chi connectivity index (χ4v) is 2.52. The molecule has 0 aromatic rings. The van der Waals surface area contributed by atoms with Crippen LogP contribution in [-0.2, 0) is 9.53 Å². The number of nitriles is 1. The summed E-state index contributed by atoms with van der Waals surface area (Å²) in [6.45, 7) is 6.12. The predicted octanol–water partition coefficient (Wildman–Crippen LogP) is 1.56. The topological polar surface area (TPSA) is 53.3 Å². The van der Waals surface area contributed by atoms with Gasteiger partial charge in [-0.1, -0.05) is 6.92 Å². The minimum absolute atomic E-state index is 0.120. The van der Waals surface area contributed by atoms with Crippen molar-refractivity contribution < 1.29 is 9.53 Å². The quantitative estimate of drug-likeness (QED) is 0.694. The van der Waals surface area contributed by atoms with Crippen LogP contribution >= 0.6 is 0 Å². The molecule has 0 aromatic heterocycles. The Bertz CT molecular complexity index is 340. The number of nitrogens with zero attached hydrogens (tertiary/aromatic N) is 2. The summed E-state index contributed by atoms with van der Waals surface area (Å²) in [6, 6.07) is 2.35. The lowest BCUT2D eigenvalue weighted by Gasteiger charge is -2.36. The molecule has 0 N–H and O–H groups in total. The van der Waals surface area contributed by atoms with E-state index in [2.05, 4.69) is 13.0 Å². The van der Waals surface area contributed by atoms with Gasteiger partial charge in [-0.3, -0.25) is 4.79 Å². The van der Waals surface area contributed by atoms with Crippen LogP contribution in [0.15, 0.2) is 0 Å². The van der Waals surface area contributed by atoms with E-state index in [1.807, 2.05) is 11.8 Å². The number of hydrogen-bond acceptors (Lipinski definition) is 3. The summed E-state index contributed by atoms with van der Waals surface area (Å²) < 4.78 is 5.50. The molecule has 2 unspecified atom stereocenters. The third-order valence-corrected chi connectivity index (χ3v) is 4.08. The lowest BCUT2D eigenvalue weighted by molar-refractivity contribution is -0.144. The Kier molecular flexibility index (Phi) is 3.39. The van der Waals surface area contributed by atoms with Crippen LogP contribution in [0, 0.1) is 22.7 Å². The van der Waals surface area contributed by atoms with Gasteiger partial charge >= 0.3 is 0 Å². The molecule has 1 amide bonds. The standard InChI is InChI=1S/C13H20N2O2/c1-10-3-8-17-11(10)12(16)15-6-4-13(2,9-14)5-7-15/h10-11H,3-8H2,1-2H3. The van der Waals surface area contributed by atoms with Crippen LogP contribution in [0.25, 0.3) is 0 Å². The molecule has 2 saturated heterocycles. The number of carbonyl (C=O) groups excluding carboxylic acids is 1. The lowest BCUT2D eigenvalue weighted by atomic mass is 9.82. The van der Waals surface area contributed by atoms with Gasteiger partial charge in [0.1, 0.15) is 6.10 Å². The highest BCUT2D eigenvalue weighted by Gasteiger charge is 2.38. The van der Waals surface area contributed by atoms with Crippen molar-refractivity contribution in [1.29, 1.82) is 5.26 Å². The first-order valence-electron chi connectivity index (χ1n) is 6.37. The molecular formula is C13H20N2O2. The summed E-state index contributed by atoms with van der Waals surface area (Å²) in [7, 11) is 0. The monoisotopic (exact) mass is 236 g/mol. The second kappa shape index (κ2) is 4.66. The van der Waals surface area contributed by atoms with Crippen LogP contribution in [-0.4, -0.2) is 36.6 Å². The first-order chi connectivity index (χ1) is 8.06. The van der Waals surface area contributed by atoms with Gasteiger partial charge in [0.25, 0.3) is 5.91 Å². The fourth-order valence-electron chi connectivity index (χ4n) is 2.52. The zero-order valence-electron chi connectivity index (χ0n) is 10.6. The highest BCUT2D eigenvalue weighted by molar-refractivity contribution is 5.81. The molecule has 0 radical (unpaired) electrons. The molecule has 2 fully saturated rings. The molecule has 2 heterocycles. The Labute approximate surface area is 103 Å². The SMILES string of the molecule is CC1CCOC1C(=O)N1CCC(C)(C#N)CC1. The van der Waals surface area contributed by atoms with E-state index in [9.17, 15) is 4.79 Å². The highest BCUT2D eigenvalue weighted by atomic mass is 16.5. The van der Waals surface area contributed by atoms with E-state index >= 15 is 0 Å². The average Bonchev–Trinajstić information content (AvgIpc) is 2.76. The molecule has 2 aliphatic rings. The van der Waals surface area contributed by atoms with Gasteiger partial charge in [-0.05, 0) is 32.1 Å². The molecule has 2 rings (SSSR count). The Morgan fingerprint density at radius 2 is 2.12 bits per heavy atom. The lowest BCUT2D eigenvalue weighted by Crippen LogP contribution is -2.47. The first-order valence-corrected chi connectivity index (χ1v) is 6.37. The zero-order valence-corrected chi connectivity index (χ0v) is 10.6. The fraction of sp³-hybridized carbons (Fsp3) is 0.846. The van der Waals surface area contributed by atoms with Crippen molar-refractivity contribution in [3.63, 3.8) is 0 Å². The summed E-state index contributed by atoms with van der Waals surface area (Å²) in [6.07, 6.45) is 2.27. The van der Waals surface area contributed by atoms with Crippen LogP contribution in [0.3, 0.4) is 0 Å². The van der Waals surface area contributed by atoms with Gasteiger partial charge in [0.2, 0.25) is 0 Å². The number of likely N-dealkylation sites (tertiary alicyclic amines) is 1. The summed E-state index contributed by atoms with van der Waals surface area (Å²) in [4.78, 5) is 14.1. The van der Waals surface area contributed by atoms with Crippen molar-refractivity contribution in [2.45, 2.75) is 39.2 Å². The molecule has 94 valence electrons. The third kappa shape index (κ3) is 2.44. The summed E-state index contributed by atoms with van der Waals surface area (Å²) in [5.41, 5.74) is -0.251. The van der Waals surface area contributed by atoms with Crippen LogP contribution in [0.2, 0.25) is 0 Å². The second-order valence-electron chi connectivity index (χ2n) is 5.56.